The van der Waals surface area contributed by atoms with Crippen molar-refractivity contribution in [2.75, 3.05) is 39.3 Å². The van der Waals surface area contributed by atoms with Gasteiger partial charge in [-0.3, -0.25) is 14.5 Å². The predicted molar refractivity (Wildman–Crippen MR) is 108 cm³/mol. The fraction of sp³-hybridized carbons (Fsp3) is 0.579. The van der Waals surface area contributed by atoms with Gasteiger partial charge in [0.05, 0.1) is 17.0 Å². The van der Waals surface area contributed by atoms with Gasteiger partial charge in [0.25, 0.3) is 0 Å². The number of nitrogens with one attached hydrogen (secondary N) is 2. The van der Waals surface area contributed by atoms with Gasteiger partial charge < -0.3 is 10.6 Å². The zero-order chi connectivity index (χ0) is 23.2. The molecular formula is C19H27F3N4O4S. The summed E-state index contributed by atoms with van der Waals surface area (Å²) in [5, 5.41) is 5.27. The van der Waals surface area contributed by atoms with Crippen LogP contribution >= 0.6 is 0 Å². The fourth-order valence-corrected chi connectivity index (χ4v) is 4.54. The van der Waals surface area contributed by atoms with Crippen LogP contribution in [0.5, 0.6) is 0 Å². The number of alkyl halides is 3. The van der Waals surface area contributed by atoms with Gasteiger partial charge in [-0.25, -0.2) is 8.42 Å². The Balaban J connectivity index is 1.91. The zero-order valence-corrected chi connectivity index (χ0v) is 18.2. The Morgan fingerprint density at radius 2 is 1.81 bits per heavy atom. The molecule has 1 aromatic carbocycles. The van der Waals surface area contributed by atoms with Gasteiger partial charge in [-0.1, -0.05) is 13.0 Å². The number of amides is 2. The third-order valence-electron chi connectivity index (χ3n) is 4.82. The first kappa shape index (κ1) is 25.1. The molecule has 1 atom stereocenters. The average molecular weight is 465 g/mol. The molecule has 0 aliphatic carbocycles. The van der Waals surface area contributed by atoms with Crippen molar-refractivity contribution in [1.29, 1.82) is 0 Å². The largest absolute Gasteiger partial charge is 0.416 e. The fourth-order valence-electron chi connectivity index (χ4n) is 3.07. The molecule has 2 N–H and O–H groups in total. The Labute approximate surface area is 179 Å². The maximum Gasteiger partial charge on any atom is 0.416 e. The first-order valence-corrected chi connectivity index (χ1v) is 11.4. The van der Waals surface area contributed by atoms with E-state index in [1.807, 2.05) is 6.92 Å². The van der Waals surface area contributed by atoms with E-state index in [4.69, 9.17) is 0 Å². The van der Waals surface area contributed by atoms with Crippen LogP contribution in [0.25, 0.3) is 0 Å². The molecular weight excluding hydrogens is 437 g/mol. The summed E-state index contributed by atoms with van der Waals surface area (Å²) in [6.45, 7) is 4.55. The van der Waals surface area contributed by atoms with Crippen molar-refractivity contribution < 1.29 is 31.2 Å². The first-order chi connectivity index (χ1) is 14.4. The molecule has 0 unspecified atom stereocenters. The van der Waals surface area contributed by atoms with Gasteiger partial charge >= 0.3 is 6.18 Å². The minimum absolute atomic E-state index is 0.0111. The molecule has 1 saturated heterocycles. The summed E-state index contributed by atoms with van der Waals surface area (Å²) in [5.41, 5.74) is -1.03. The molecule has 1 aliphatic heterocycles. The SMILES string of the molecule is CCCNC(=O)[C@H](C)NC(=O)CN1CCN(S(=O)(=O)c2cccc(C(F)(F)F)c2)CC1. The molecule has 0 radical (unpaired) electrons. The highest BCUT2D eigenvalue weighted by molar-refractivity contribution is 7.89. The molecule has 1 aromatic rings. The number of sulfonamides is 1. The topological polar surface area (TPSA) is 98.8 Å². The standard InChI is InChI=1S/C19H27F3N4O4S/c1-3-7-23-18(28)14(2)24-17(27)13-25-8-10-26(11-9-25)31(29,30)16-6-4-5-15(12-16)19(20,21)22/h4-6,12,14H,3,7-11,13H2,1-2H3,(H,23,28)(H,24,27)/t14-/m0/s1. The van der Waals surface area contributed by atoms with Crippen LogP contribution in [0.3, 0.4) is 0 Å². The maximum atomic E-state index is 12.9. The van der Waals surface area contributed by atoms with Crippen molar-refractivity contribution in [3.63, 3.8) is 0 Å². The Bertz CT molecular complexity index is 884. The van der Waals surface area contributed by atoms with Gasteiger partial charge in [-0.15, -0.1) is 0 Å². The number of halogens is 3. The van der Waals surface area contributed by atoms with E-state index >= 15 is 0 Å². The predicted octanol–water partition coefficient (Wildman–Crippen LogP) is 1.04. The maximum absolute atomic E-state index is 12.9. The van der Waals surface area contributed by atoms with Crippen molar-refractivity contribution in [2.45, 2.75) is 37.4 Å². The smallest absolute Gasteiger partial charge is 0.354 e. The van der Waals surface area contributed by atoms with Gasteiger partial charge in [0, 0.05) is 32.7 Å². The van der Waals surface area contributed by atoms with E-state index in [0.717, 1.165) is 28.9 Å². The second-order valence-corrected chi connectivity index (χ2v) is 9.22. The second kappa shape index (κ2) is 10.4. The highest BCUT2D eigenvalue weighted by Gasteiger charge is 2.34. The Kier molecular flexibility index (Phi) is 8.43. The summed E-state index contributed by atoms with van der Waals surface area (Å²) >= 11 is 0. The van der Waals surface area contributed by atoms with Crippen LogP contribution < -0.4 is 10.6 Å². The number of carbonyl (C=O) groups excluding carboxylic acids is 2. The van der Waals surface area contributed by atoms with Crippen LogP contribution in [0.2, 0.25) is 0 Å². The van der Waals surface area contributed by atoms with Gasteiger partial charge in [-0.2, -0.15) is 17.5 Å². The summed E-state index contributed by atoms with van der Waals surface area (Å²) in [6.07, 6.45) is -3.86. The van der Waals surface area contributed by atoms with Gasteiger partial charge in [-0.05, 0) is 31.5 Å². The van der Waals surface area contributed by atoms with E-state index in [2.05, 4.69) is 10.6 Å². The summed E-state index contributed by atoms with van der Waals surface area (Å²) in [7, 11) is -4.08. The lowest BCUT2D eigenvalue weighted by Gasteiger charge is -2.33. The van der Waals surface area contributed by atoms with Gasteiger partial charge in [0.2, 0.25) is 21.8 Å². The molecule has 1 aliphatic rings. The highest BCUT2D eigenvalue weighted by atomic mass is 32.2. The molecule has 2 rings (SSSR count). The van der Waals surface area contributed by atoms with Crippen molar-refractivity contribution in [2.24, 2.45) is 0 Å². The number of carbonyl (C=O) groups is 2. The number of rotatable bonds is 8. The molecule has 31 heavy (non-hydrogen) atoms. The highest BCUT2D eigenvalue weighted by Crippen LogP contribution is 2.31. The molecule has 0 spiro atoms. The number of nitrogens with zero attached hydrogens (tertiary/aromatic N) is 2. The third-order valence-corrected chi connectivity index (χ3v) is 6.71. The number of hydrogen-bond acceptors (Lipinski definition) is 5. The van der Waals surface area contributed by atoms with E-state index < -0.39 is 32.7 Å². The van der Waals surface area contributed by atoms with E-state index in [1.54, 1.807) is 11.8 Å². The van der Waals surface area contributed by atoms with Crippen LogP contribution in [-0.2, 0) is 25.8 Å². The molecule has 1 heterocycles. The normalized spacial score (nSPS) is 17.2. The van der Waals surface area contributed by atoms with Crippen molar-refractivity contribution in [3.8, 4) is 0 Å². The zero-order valence-electron chi connectivity index (χ0n) is 17.4. The van der Waals surface area contributed by atoms with Crippen LogP contribution in [0.4, 0.5) is 13.2 Å². The molecule has 8 nitrogen and oxygen atoms in total. The average Bonchev–Trinajstić information content (AvgIpc) is 2.71. The van der Waals surface area contributed by atoms with Gasteiger partial charge in [0.1, 0.15) is 6.04 Å². The van der Waals surface area contributed by atoms with Gasteiger partial charge in [0.15, 0.2) is 0 Å². The van der Waals surface area contributed by atoms with Crippen molar-refractivity contribution in [3.05, 3.63) is 29.8 Å². The van der Waals surface area contributed by atoms with E-state index in [-0.39, 0.29) is 44.5 Å². The second-order valence-electron chi connectivity index (χ2n) is 7.29. The molecule has 12 heteroatoms. The quantitative estimate of drug-likeness (QED) is 0.599. The van der Waals surface area contributed by atoms with E-state index in [0.29, 0.717) is 12.6 Å². The Morgan fingerprint density at radius 3 is 2.39 bits per heavy atom. The van der Waals surface area contributed by atoms with E-state index in [1.165, 1.54) is 0 Å². The minimum Gasteiger partial charge on any atom is -0.354 e. The van der Waals surface area contributed by atoms with Crippen molar-refractivity contribution in [1.82, 2.24) is 19.8 Å². The van der Waals surface area contributed by atoms with E-state index in [9.17, 15) is 31.2 Å². The lowest BCUT2D eigenvalue weighted by atomic mass is 10.2. The summed E-state index contributed by atoms with van der Waals surface area (Å²) in [4.78, 5) is 25.3. The summed E-state index contributed by atoms with van der Waals surface area (Å²) in [5.74, 6) is -0.652. The lowest BCUT2D eigenvalue weighted by Crippen LogP contribution is -2.53. The van der Waals surface area contributed by atoms with Crippen LogP contribution in [0, 0.1) is 0 Å². The third kappa shape index (κ3) is 6.91. The number of hydrogen-bond donors (Lipinski definition) is 2. The van der Waals surface area contributed by atoms with Crippen molar-refractivity contribution >= 4 is 21.8 Å². The molecule has 0 aromatic heterocycles. The number of benzene rings is 1. The first-order valence-electron chi connectivity index (χ1n) is 9.92. The molecule has 0 bridgehead atoms. The molecule has 1 fully saturated rings. The van der Waals surface area contributed by atoms with Crippen LogP contribution in [0.1, 0.15) is 25.8 Å². The van der Waals surface area contributed by atoms with Crippen LogP contribution in [0.15, 0.2) is 29.2 Å². The minimum atomic E-state index is -4.64. The Hall–Kier alpha value is -2.18. The number of piperazine rings is 1. The molecule has 2 amide bonds. The summed E-state index contributed by atoms with van der Waals surface area (Å²) < 4.78 is 65.2. The monoisotopic (exact) mass is 464 g/mol. The molecule has 0 saturated carbocycles. The Morgan fingerprint density at radius 1 is 1.16 bits per heavy atom. The molecule has 174 valence electrons. The lowest BCUT2D eigenvalue weighted by molar-refractivity contribution is -0.137. The van der Waals surface area contributed by atoms with Crippen LogP contribution in [-0.4, -0.2) is 74.7 Å². The summed E-state index contributed by atoms with van der Waals surface area (Å²) in [6, 6.07) is 2.95.